The summed E-state index contributed by atoms with van der Waals surface area (Å²) in [6.07, 6.45) is 0.625. The van der Waals surface area contributed by atoms with E-state index in [1.165, 1.54) is 6.07 Å². The lowest BCUT2D eigenvalue weighted by Gasteiger charge is -2.37. The molecule has 0 aliphatic rings. The minimum Gasteiger partial charge on any atom is -0.376 e. The van der Waals surface area contributed by atoms with E-state index in [0.717, 1.165) is 4.47 Å². The smallest absolute Gasteiger partial charge is 0.126 e. The van der Waals surface area contributed by atoms with Crippen LogP contribution in [0.3, 0.4) is 0 Å². The maximum atomic E-state index is 13.9. The Kier molecular flexibility index (Phi) is 6.62. The average molecular weight is 346 g/mol. The molecule has 0 spiro atoms. The van der Waals surface area contributed by atoms with E-state index < -0.39 is 0 Å². The SMILES string of the molecule is CCOC(C(Cc1cc(Br)ccc1F)NC)C(C)(C)C. The van der Waals surface area contributed by atoms with Crippen LogP contribution < -0.4 is 5.32 Å². The van der Waals surface area contributed by atoms with Crippen molar-refractivity contribution in [2.45, 2.75) is 46.3 Å². The molecule has 0 aliphatic carbocycles. The maximum Gasteiger partial charge on any atom is 0.126 e. The van der Waals surface area contributed by atoms with E-state index in [9.17, 15) is 4.39 Å². The van der Waals surface area contributed by atoms with E-state index in [2.05, 4.69) is 42.0 Å². The van der Waals surface area contributed by atoms with Crippen LogP contribution in [0.1, 0.15) is 33.3 Å². The maximum absolute atomic E-state index is 13.9. The molecule has 20 heavy (non-hydrogen) atoms. The summed E-state index contributed by atoms with van der Waals surface area (Å²) >= 11 is 3.40. The van der Waals surface area contributed by atoms with E-state index in [4.69, 9.17) is 4.74 Å². The second-order valence-corrected chi connectivity index (χ2v) is 6.99. The van der Waals surface area contributed by atoms with E-state index in [-0.39, 0.29) is 23.4 Å². The Hall–Kier alpha value is -0.450. The molecule has 2 unspecified atom stereocenters. The molecule has 1 aromatic rings. The Labute approximate surface area is 130 Å². The highest BCUT2D eigenvalue weighted by Crippen LogP contribution is 2.27. The third kappa shape index (κ3) is 4.83. The zero-order valence-corrected chi connectivity index (χ0v) is 14.6. The zero-order valence-electron chi connectivity index (χ0n) is 13.0. The van der Waals surface area contributed by atoms with Gasteiger partial charge in [-0.2, -0.15) is 0 Å². The highest BCUT2D eigenvalue weighted by molar-refractivity contribution is 9.10. The van der Waals surface area contributed by atoms with Crippen molar-refractivity contribution in [1.82, 2.24) is 5.32 Å². The topological polar surface area (TPSA) is 21.3 Å². The first-order chi connectivity index (χ1) is 9.29. The summed E-state index contributed by atoms with van der Waals surface area (Å²) < 4.78 is 20.7. The fourth-order valence-electron chi connectivity index (χ4n) is 2.45. The summed E-state index contributed by atoms with van der Waals surface area (Å²) in [5, 5.41) is 3.28. The fourth-order valence-corrected chi connectivity index (χ4v) is 2.85. The van der Waals surface area contributed by atoms with Gasteiger partial charge in [-0.3, -0.25) is 0 Å². The standard InChI is InChI=1S/C16H25BrFNO/c1-6-20-15(16(2,3)4)14(19-5)10-11-9-12(17)7-8-13(11)18/h7-9,14-15,19H,6,10H2,1-5H3. The molecular weight excluding hydrogens is 321 g/mol. The van der Waals surface area contributed by atoms with Crippen molar-refractivity contribution in [1.29, 1.82) is 0 Å². The van der Waals surface area contributed by atoms with Crippen LogP contribution in [0, 0.1) is 11.2 Å². The van der Waals surface area contributed by atoms with E-state index >= 15 is 0 Å². The third-order valence-corrected chi connectivity index (χ3v) is 3.88. The summed E-state index contributed by atoms with van der Waals surface area (Å²) in [6.45, 7) is 9.09. The Morgan fingerprint density at radius 1 is 1.35 bits per heavy atom. The van der Waals surface area contributed by atoms with E-state index in [1.54, 1.807) is 6.07 Å². The number of rotatable bonds is 6. The molecule has 0 saturated carbocycles. The monoisotopic (exact) mass is 345 g/mol. The van der Waals surface area contributed by atoms with Gasteiger partial charge in [0.25, 0.3) is 0 Å². The first-order valence-corrected chi connectivity index (χ1v) is 7.81. The van der Waals surface area contributed by atoms with Gasteiger partial charge in [-0.25, -0.2) is 4.39 Å². The second-order valence-electron chi connectivity index (χ2n) is 6.08. The van der Waals surface area contributed by atoms with Crippen molar-refractivity contribution in [2.24, 2.45) is 5.41 Å². The van der Waals surface area contributed by atoms with Crippen molar-refractivity contribution in [3.05, 3.63) is 34.1 Å². The Morgan fingerprint density at radius 2 is 2.00 bits per heavy atom. The molecule has 2 nitrogen and oxygen atoms in total. The molecule has 2 atom stereocenters. The summed E-state index contributed by atoms with van der Waals surface area (Å²) in [5.41, 5.74) is 0.694. The number of halogens is 2. The Bertz CT molecular complexity index is 431. The van der Waals surface area contributed by atoms with Crippen molar-refractivity contribution in [3.63, 3.8) is 0 Å². The van der Waals surface area contributed by atoms with Crippen molar-refractivity contribution in [2.75, 3.05) is 13.7 Å². The Balaban J connectivity index is 2.97. The number of nitrogens with one attached hydrogen (secondary N) is 1. The molecular formula is C16H25BrFNO. The molecule has 0 amide bonds. The van der Waals surface area contributed by atoms with Crippen LogP contribution in [0.4, 0.5) is 4.39 Å². The molecule has 1 aromatic carbocycles. The van der Waals surface area contributed by atoms with Crippen LogP contribution in [-0.2, 0) is 11.2 Å². The molecule has 0 saturated heterocycles. The van der Waals surface area contributed by atoms with Crippen LogP contribution in [0.5, 0.6) is 0 Å². The molecule has 0 radical (unpaired) electrons. The van der Waals surface area contributed by atoms with Gasteiger partial charge in [0.2, 0.25) is 0 Å². The van der Waals surface area contributed by atoms with Gasteiger partial charge in [-0.1, -0.05) is 36.7 Å². The van der Waals surface area contributed by atoms with Crippen molar-refractivity contribution >= 4 is 15.9 Å². The normalized spacial score (nSPS) is 15.2. The quantitative estimate of drug-likeness (QED) is 0.835. The zero-order chi connectivity index (χ0) is 15.3. The first kappa shape index (κ1) is 17.6. The number of likely N-dealkylation sites (N-methyl/N-ethyl adjacent to an activating group) is 1. The third-order valence-electron chi connectivity index (χ3n) is 3.38. The van der Waals surface area contributed by atoms with Gasteiger partial charge in [-0.15, -0.1) is 0 Å². The van der Waals surface area contributed by atoms with Crippen molar-refractivity contribution in [3.8, 4) is 0 Å². The minimum atomic E-state index is -0.169. The molecule has 0 heterocycles. The van der Waals surface area contributed by atoms with E-state index in [1.807, 2.05) is 20.0 Å². The number of ether oxygens (including phenoxy) is 1. The van der Waals surface area contributed by atoms with Crippen LogP contribution in [0.2, 0.25) is 0 Å². The number of hydrogen-bond donors (Lipinski definition) is 1. The van der Waals surface area contributed by atoms with Gasteiger partial charge >= 0.3 is 0 Å². The molecule has 114 valence electrons. The minimum absolute atomic E-state index is 0.00776. The summed E-state index contributed by atoms with van der Waals surface area (Å²) in [5.74, 6) is -0.169. The summed E-state index contributed by atoms with van der Waals surface area (Å²) in [6, 6.07) is 5.13. The van der Waals surface area contributed by atoms with Gasteiger partial charge in [0.15, 0.2) is 0 Å². The molecule has 1 rings (SSSR count). The van der Waals surface area contributed by atoms with Crippen LogP contribution in [0.25, 0.3) is 0 Å². The number of hydrogen-bond acceptors (Lipinski definition) is 2. The lowest BCUT2D eigenvalue weighted by atomic mass is 9.82. The van der Waals surface area contributed by atoms with Crippen LogP contribution in [-0.4, -0.2) is 25.8 Å². The van der Waals surface area contributed by atoms with Gasteiger partial charge in [-0.05, 0) is 49.6 Å². The van der Waals surface area contributed by atoms with E-state index in [0.29, 0.717) is 18.6 Å². The molecule has 1 N–H and O–H groups in total. The number of benzene rings is 1. The lowest BCUT2D eigenvalue weighted by Crippen LogP contribution is -2.48. The molecule has 0 aliphatic heterocycles. The lowest BCUT2D eigenvalue weighted by molar-refractivity contribution is -0.0341. The van der Waals surface area contributed by atoms with Gasteiger partial charge < -0.3 is 10.1 Å². The second kappa shape index (κ2) is 7.53. The average Bonchev–Trinajstić information content (AvgIpc) is 2.36. The van der Waals surface area contributed by atoms with Gasteiger partial charge in [0, 0.05) is 17.1 Å². The Morgan fingerprint density at radius 3 is 2.50 bits per heavy atom. The molecule has 4 heteroatoms. The van der Waals surface area contributed by atoms with Gasteiger partial charge in [0.05, 0.1) is 6.10 Å². The predicted molar refractivity (Wildman–Crippen MR) is 85.5 cm³/mol. The van der Waals surface area contributed by atoms with Crippen molar-refractivity contribution < 1.29 is 9.13 Å². The summed E-state index contributed by atoms with van der Waals surface area (Å²) in [4.78, 5) is 0. The van der Waals surface area contributed by atoms with Crippen LogP contribution in [0.15, 0.2) is 22.7 Å². The summed E-state index contributed by atoms with van der Waals surface area (Å²) in [7, 11) is 1.90. The highest BCUT2D eigenvalue weighted by atomic mass is 79.9. The molecule has 0 bridgehead atoms. The largest absolute Gasteiger partial charge is 0.376 e. The highest BCUT2D eigenvalue weighted by Gasteiger charge is 2.32. The molecule has 0 fully saturated rings. The van der Waals surface area contributed by atoms with Crippen LogP contribution >= 0.6 is 15.9 Å². The first-order valence-electron chi connectivity index (χ1n) is 7.02. The predicted octanol–water partition coefficient (Wildman–Crippen LogP) is 4.17. The fraction of sp³-hybridized carbons (Fsp3) is 0.625. The molecule has 0 aromatic heterocycles. The van der Waals surface area contributed by atoms with Gasteiger partial charge in [0.1, 0.15) is 5.82 Å².